The smallest absolute Gasteiger partial charge is 0.226 e. The number of aromatic amines is 1. The molecule has 4 rings (SSSR count). The molecule has 1 aliphatic heterocycles. The molecule has 0 spiro atoms. The number of aryl methyl sites for hydroxylation is 1. The normalized spacial score (nSPS) is 18.6. The number of benzene rings is 1. The van der Waals surface area contributed by atoms with Gasteiger partial charge in [-0.25, -0.2) is 4.98 Å². The Bertz CT molecular complexity index is 761. The minimum atomic E-state index is 0.460. The van der Waals surface area contributed by atoms with E-state index in [9.17, 15) is 0 Å². The van der Waals surface area contributed by atoms with E-state index in [0.29, 0.717) is 11.9 Å². The molecule has 0 radical (unpaired) electrons. The lowest BCUT2D eigenvalue weighted by atomic mass is 10.1. The van der Waals surface area contributed by atoms with Gasteiger partial charge in [-0.3, -0.25) is 4.90 Å². The number of likely N-dealkylation sites (tertiary alicyclic amines) is 1. The maximum Gasteiger partial charge on any atom is 0.226 e. The van der Waals surface area contributed by atoms with Gasteiger partial charge in [0.1, 0.15) is 5.76 Å². The first-order valence-electron chi connectivity index (χ1n) is 8.20. The highest BCUT2D eigenvalue weighted by molar-refractivity contribution is 5.53. The highest BCUT2D eigenvalue weighted by Crippen LogP contribution is 2.33. The summed E-state index contributed by atoms with van der Waals surface area (Å²) in [5.41, 5.74) is 3.37. The van der Waals surface area contributed by atoms with E-state index in [2.05, 4.69) is 22.0 Å². The van der Waals surface area contributed by atoms with Crippen molar-refractivity contribution in [1.82, 2.24) is 14.9 Å². The fraction of sp³-hybridized carbons (Fsp3) is 0.316. The van der Waals surface area contributed by atoms with Crippen LogP contribution in [0.25, 0.3) is 11.5 Å². The molecular weight excluding hydrogens is 286 g/mol. The Morgan fingerprint density at radius 2 is 2.09 bits per heavy atom. The van der Waals surface area contributed by atoms with Gasteiger partial charge < -0.3 is 9.40 Å². The fourth-order valence-electron chi connectivity index (χ4n) is 3.39. The molecule has 4 heteroatoms. The van der Waals surface area contributed by atoms with Gasteiger partial charge in [-0.15, -0.1) is 0 Å². The van der Waals surface area contributed by atoms with Crippen molar-refractivity contribution in [2.75, 3.05) is 6.54 Å². The Labute approximate surface area is 136 Å². The Hall–Kier alpha value is -2.33. The van der Waals surface area contributed by atoms with Gasteiger partial charge in [-0.1, -0.05) is 18.2 Å². The van der Waals surface area contributed by atoms with E-state index < -0.39 is 0 Å². The fourth-order valence-corrected chi connectivity index (χ4v) is 3.39. The quantitative estimate of drug-likeness (QED) is 0.781. The molecule has 0 saturated carbocycles. The van der Waals surface area contributed by atoms with E-state index in [0.717, 1.165) is 30.1 Å². The Balaban J connectivity index is 1.56. The van der Waals surface area contributed by atoms with Crippen molar-refractivity contribution in [2.24, 2.45) is 0 Å². The van der Waals surface area contributed by atoms with Gasteiger partial charge in [-0.2, -0.15) is 0 Å². The number of hydrogen-bond donors (Lipinski definition) is 1. The van der Waals surface area contributed by atoms with Crippen molar-refractivity contribution in [1.29, 1.82) is 0 Å². The van der Waals surface area contributed by atoms with E-state index >= 15 is 0 Å². The van der Waals surface area contributed by atoms with Gasteiger partial charge in [0.25, 0.3) is 0 Å². The molecule has 1 saturated heterocycles. The molecule has 1 aromatic carbocycles. The lowest BCUT2D eigenvalue weighted by molar-refractivity contribution is 0.241. The van der Waals surface area contributed by atoms with Crippen LogP contribution in [0, 0.1) is 6.92 Å². The third kappa shape index (κ3) is 2.82. The van der Waals surface area contributed by atoms with E-state index in [4.69, 9.17) is 9.40 Å². The highest BCUT2D eigenvalue weighted by Gasteiger charge is 2.28. The first kappa shape index (κ1) is 14.3. The van der Waals surface area contributed by atoms with Crippen LogP contribution in [0.3, 0.4) is 0 Å². The van der Waals surface area contributed by atoms with Crippen molar-refractivity contribution >= 4 is 0 Å². The molecule has 0 amide bonds. The number of hydrogen-bond acceptors (Lipinski definition) is 3. The summed E-state index contributed by atoms with van der Waals surface area (Å²) < 4.78 is 5.89. The summed E-state index contributed by atoms with van der Waals surface area (Å²) in [5, 5.41) is 0. The van der Waals surface area contributed by atoms with Gasteiger partial charge in [0, 0.05) is 24.0 Å². The molecule has 0 aliphatic carbocycles. The average molecular weight is 307 g/mol. The van der Waals surface area contributed by atoms with Crippen LogP contribution in [0.2, 0.25) is 0 Å². The summed E-state index contributed by atoms with van der Waals surface area (Å²) in [7, 11) is 0. The van der Waals surface area contributed by atoms with Crippen LogP contribution < -0.4 is 0 Å². The zero-order chi connectivity index (χ0) is 15.6. The summed E-state index contributed by atoms with van der Waals surface area (Å²) in [5.74, 6) is 1.63. The molecule has 3 heterocycles. The minimum Gasteiger partial charge on any atom is -0.441 e. The largest absolute Gasteiger partial charge is 0.441 e. The second kappa shape index (κ2) is 6.05. The van der Waals surface area contributed by atoms with Crippen molar-refractivity contribution in [3.8, 4) is 11.5 Å². The molecule has 2 aromatic heterocycles. The summed E-state index contributed by atoms with van der Waals surface area (Å²) >= 11 is 0. The van der Waals surface area contributed by atoms with Crippen molar-refractivity contribution < 1.29 is 4.42 Å². The lowest BCUT2D eigenvalue weighted by Gasteiger charge is -2.22. The number of nitrogens with zero attached hydrogens (tertiary/aromatic N) is 2. The topological polar surface area (TPSA) is 45.1 Å². The van der Waals surface area contributed by atoms with Crippen LogP contribution >= 0.6 is 0 Å². The van der Waals surface area contributed by atoms with E-state index in [1.54, 1.807) is 0 Å². The van der Waals surface area contributed by atoms with Crippen LogP contribution in [0.15, 0.2) is 53.1 Å². The number of oxazole rings is 1. The van der Waals surface area contributed by atoms with Gasteiger partial charge in [0.05, 0.1) is 11.7 Å². The van der Waals surface area contributed by atoms with Crippen molar-refractivity contribution in [2.45, 2.75) is 32.4 Å². The lowest BCUT2D eigenvalue weighted by Crippen LogP contribution is -2.23. The van der Waals surface area contributed by atoms with Crippen LogP contribution in [0.4, 0.5) is 0 Å². The number of rotatable bonds is 4. The van der Waals surface area contributed by atoms with Gasteiger partial charge in [-0.05, 0) is 50.6 Å². The van der Waals surface area contributed by atoms with Crippen LogP contribution in [0.1, 0.15) is 36.0 Å². The van der Waals surface area contributed by atoms with Gasteiger partial charge >= 0.3 is 0 Å². The Morgan fingerprint density at radius 3 is 2.87 bits per heavy atom. The predicted molar refractivity (Wildman–Crippen MR) is 89.9 cm³/mol. The first-order valence-corrected chi connectivity index (χ1v) is 8.20. The molecule has 118 valence electrons. The number of H-pyrrole nitrogens is 1. The van der Waals surface area contributed by atoms with Crippen molar-refractivity contribution in [3.05, 3.63) is 65.8 Å². The molecule has 0 unspecified atom stereocenters. The van der Waals surface area contributed by atoms with Gasteiger partial charge in [0.2, 0.25) is 5.89 Å². The molecule has 1 aliphatic rings. The molecule has 1 N–H and O–H groups in total. The van der Waals surface area contributed by atoms with Crippen LogP contribution in [-0.2, 0) is 6.54 Å². The molecular formula is C19H21N3O. The molecule has 0 bridgehead atoms. The number of nitrogens with one attached hydrogen (secondary N) is 1. The van der Waals surface area contributed by atoms with Crippen molar-refractivity contribution in [3.63, 3.8) is 0 Å². The second-order valence-corrected chi connectivity index (χ2v) is 6.14. The molecule has 1 fully saturated rings. The third-order valence-electron chi connectivity index (χ3n) is 4.61. The zero-order valence-corrected chi connectivity index (χ0v) is 13.3. The Morgan fingerprint density at radius 1 is 1.22 bits per heavy atom. The van der Waals surface area contributed by atoms with E-state index in [-0.39, 0.29) is 0 Å². The summed E-state index contributed by atoms with van der Waals surface area (Å²) in [6.45, 7) is 3.96. The van der Waals surface area contributed by atoms with E-state index in [1.165, 1.54) is 18.5 Å². The molecule has 4 nitrogen and oxygen atoms in total. The predicted octanol–water partition coefficient (Wildman–Crippen LogP) is 4.32. The van der Waals surface area contributed by atoms with Crippen LogP contribution in [0.5, 0.6) is 0 Å². The molecule has 3 aromatic rings. The zero-order valence-electron chi connectivity index (χ0n) is 13.3. The summed E-state index contributed by atoms with van der Waals surface area (Å²) in [4.78, 5) is 10.6. The molecule has 23 heavy (non-hydrogen) atoms. The van der Waals surface area contributed by atoms with Crippen LogP contribution in [-0.4, -0.2) is 21.4 Å². The average Bonchev–Trinajstić information content (AvgIpc) is 3.30. The number of aromatic nitrogens is 2. The second-order valence-electron chi connectivity index (χ2n) is 6.14. The molecule has 1 atom stereocenters. The monoisotopic (exact) mass is 307 g/mol. The van der Waals surface area contributed by atoms with E-state index in [1.807, 2.05) is 43.5 Å². The highest BCUT2D eigenvalue weighted by atomic mass is 16.4. The third-order valence-corrected chi connectivity index (χ3v) is 4.61. The summed E-state index contributed by atoms with van der Waals surface area (Å²) in [6.07, 6.45) is 4.43. The Kier molecular flexibility index (Phi) is 3.75. The summed E-state index contributed by atoms with van der Waals surface area (Å²) in [6, 6.07) is 14.8. The van der Waals surface area contributed by atoms with Gasteiger partial charge in [0.15, 0.2) is 0 Å². The standard InChI is InChI=1S/C19H21N3O/c1-14-17(21-19(23-14)15-7-3-2-4-8-15)13-22-12-6-10-18(22)16-9-5-11-20-16/h2-5,7-9,11,18,20H,6,10,12-13H2,1H3/t18-/m0/s1. The first-order chi connectivity index (χ1) is 11.3. The maximum absolute atomic E-state index is 5.89. The minimum absolute atomic E-state index is 0.460. The SMILES string of the molecule is Cc1oc(-c2ccccc2)nc1CN1CCC[C@H]1c1ccc[nH]1. The maximum atomic E-state index is 5.89.